The first-order chi connectivity index (χ1) is 10.1. The van der Waals surface area contributed by atoms with Gasteiger partial charge in [0, 0.05) is 18.6 Å². The average molecular weight is 282 g/mol. The molecule has 0 unspecified atom stereocenters. The van der Waals surface area contributed by atoms with Gasteiger partial charge in [0.1, 0.15) is 23.5 Å². The van der Waals surface area contributed by atoms with Gasteiger partial charge in [0.15, 0.2) is 0 Å². The highest BCUT2D eigenvalue weighted by atomic mass is 19.1. The van der Waals surface area contributed by atoms with Crippen molar-refractivity contribution in [3.63, 3.8) is 0 Å². The van der Waals surface area contributed by atoms with Crippen LogP contribution in [0.15, 0.2) is 42.9 Å². The van der Waals surface area contributed by atoms with Gasteiger partial charge in [-0.2, -0.15) is 0 Å². The summed E-state index contributed by atoms with van der Waals surface area (Å²) >= 11 is 0. The molecule has 3 rings (SSSR count). The molecule has 106 valence electrons. The maximum atomic E-state index is 13.8. The van der Waals surface area contributed by atoms with Crippen molar-refractivity contribution in [3.8, 4) is 0 Å². The fraction of sp³-hybridized carbons (Fsp3) is 0.188. The average Bonchev–Trinajstić information content (AvgIpc) is 2.49. The molecule has 0 atom stereocenters. The van der Waals surface area contributed by atoms with E-state index in [2.05, 4.69) is 15.0 Å². The Hall–Kier alpha value is -2.56. The Labute approximate surface area is 122 Å². The van der Waals surface area contributed by atoms with Gasteiger partial charge in [-0.15, -0.1) is 0 Å². The highest BCUT2D eigenvalue weighted by Gasteiger charge is 2.11. The lowest BCUT2D eigenvalue weighted by atomic mass is 10.2. The van der Waals surface area contributed by atoms with Crippen LogP contribution < -0.4 is 4.90 Å². The first-order valence-electron chi connectivity index (χ1n) is 6.67. The van der Waals surface area contributed by atoms with Crippen LogP contribution in [-0.2, 0) is 6.54 Å². The Kier molecular flexibility index (Phi) is 3.48. The molecule has 0 radical (unpaired) electrons. The number of para-hydroxylation sites is 1. The maximum Gasteiger partial charge on any atom is 0.149 e. The third-order valence-electron chi connectivity index (χ3n) is 3.33. The number of nitrogens with zero attached hydrogens (tertiary/aromatic N) is 4. The van der Waals surface area contributed by atoms with Crippen molar-refractivity contribution in [2.45, 2.75) is 13.5 Å². The van der Waals surface area contributed by atoms with Crippen molar-refractivity contribution in [2.24, 2.45) is 0 Å². The van der Waals surface area contributed by atoms with Gasteiger partial charge in [0.05, 0.1) is 12.2 Å². The van der Waals surface area contributed by atoms with E-state index < -0.39 is 0 Å². The zero-order chi connectivity index (χ0) is 14.8. The van der Waals surface area contributed by atoms with Crippen LogP contribution in [0.3, 0.4) is 0 Å². The van der Waals surface area contributed by atoms with Gasteiger partial charge in [-0.3, -0.25) is 4.98 Å². The standard InChI is InChI=1S/C16H15FN4/c1-11-6-7-12(18-8-11)9-21(2)16-13-4-3-5-14(17)15(13)19-10-20-16/h3-8,10H,9H2,1-2H3. The van der Waals surface area contributed by atoms with E-state index in [1.807, 2.05) is 43.3 Å². The zero-order valence-corrected chi connectivity index (χ0v) is 11.9. The van der Waals surface area contributed by atoms with Crippen LogP contribution in [0.25, 0.3) is 10.9 Å². The molecule has 0 saturated heterocycles. The summed E-state index contributed by atoms with van der Waals surface area (Å²) in [5.41, 5.74) is 2.40. The number of halogens is 1. The minimum absolute atomic E-state index is 0.335. The summed E-state index contributed by atoms with van der Waals surface area (Å²) in [4.78, 5) is 14.6. The third-order valence-corrected chi connectivity index (χ3v) is 3.33. The molecule has 2 heterocycles. The summed E-state index contributed by atoms with van der Waals surface area (Å²) in [6, 6.07) is 8.90. The van der Waals surface area contributed by atoms with Gasteiger partial charge in [-0.1, -0.05) is 12.1 Å². The molecule has 2 aromatic heterocycles. The zero-order valence-electron chi connectivity index (χ0n) is 11.9. The van der Waals surface area contributed by atoms with E-state index in [1.165, 1.54) is 12.4 Å². The number of aryl methyl sites for hydroxylation is 1. The minimum Gasteiger partial charge on any atom is -0.353 e. The summed E-state index contributed by atoms with van der Waals surface area (Å²) in [7, 11) is 1.91. The molecule has 3 aromatic rings. The van der Waals surface area contributed by atoms with Crippen LogP contribution in [0.2, 0.25) is 0 Å². The number of anilines is 1. The van der Waals surface area contributed by atoms with Crippen molar-refractivity contribution in [3.05, 3.63) is 59.9 Å². The first-order valence-corrected chi connectivity index (χ1v) is 6.67. The van der Waals surface area contributed by atoms with E-state index in [0.717, 1.165) is 11.3 Å². The fourth-order valence-corrected chi connectivity index (χ4v) is 2.25. The van der Waals surface area contributed by atoms with E-state index in [0.29, 0.717) is 23.3 Å². The molecule has 0 spiro atoms. The van der Waals surface area contributed by atoms with Crippen molar-refractivity contribution < 1.29 is 4.39 Å². The Bertz CT molecular complexity index is 771. The second-order valence-corrected chi connectivity index (χ2v) is 5.02. The molecule has 0 aliphatic carbocycles. The summed E-state index contributed by atoms with van der Waals surface area (Å²) in [5.74, 6) is 0.361. The normalized spacial score (nSPS) is 10.8. The van der Waals surface area contributed by atoms with Gasteiger partial charge in [0.25, 0.3) is 0 Å². The predicted octanol–water partition coefficient (Wildman–Crippen LogP) is 3.11. The number of aromatic nitrogens is 3. The quantitative estimate of drug-likeness (QED) is 0.740. The molecule has 0 aliphatic heterocycles. The van der Waals surface area contributed by atoms with Gasteiger partial charge in [-0.05, 0) is 30.7 Å². The van der Waals surface area contributed by atoms with Crippen LogP contribution in [0.5, 0.6) is 0 Å². The van der Waals surface area contributed by atoms with E-state index >= 15 is 0 Å². The Morgan fingerprint density at radius 3 is 2.71 bits per heavy atom. The monoisotopic (exact) mass is 282 g/mol. The van der Waals surface area contributed by atoms with Crippen LogP contribution in [0.1, 0.15) is 11.3 Å². The van der Waals surface area contributed by atoms with Crippen LogP contribution >= 0.6 is 0 Å². The van der Waals surface area contributed by atoms with Crippen molar-refractivity contribution in [1.29, 1.82) is 0 Å². The molecular weight excluding hydrogens is 267 g/mol. The minimum atomic E-state index is -0.335. The molecule has 0 bridgehead atoms. The molecule has 0 amide bonds. The topological polar surface area (TPSA) is 41.9 Å². The van der Waals surface area contributed by atoms with Crippen molar-refractivity contribution >= 4 is 16.7 Å². The molecule has 0 aliphatic rings. The second kappa shape index (κ2) is 5.44. The van der Waals surface area contributed by atoms with E-state index in [4.69, 9.17) is 0 Å². The molecule has 21 heavy (non-hydrogen) atoms. The highest BCUT2D eigenvalue weighted by molar-refractivity contribution is 5.89. The summed E-state index contributed by atoms with van der Waals surface area (Å²) in [6.45, 7) is 2.60. The number of rotatable bonds is 3. The van der Waals surface area contributed by atoms with Gasteiger partial charge in [-0.25, -0.2) is 14.4 Å². The molecule has 0 N–H and O–H groups in total. The highest BCUT2D eigenvalue weighted by Crippen LogP contribution is 2.24. The third kappa shape index (κ3) is 2.67. The van der Waals surface area contributed by atoms with Crippen LogP contribution in [-0.4, -0.2) is 22.0 Å². The second-order valence-electron chi connectivity index (χ2n) is 5.02. The molecular formula is C16H15FN4. The predicted molar refractivity (Wildman–Crippen MR) is 80.6 cm³/mol. The summed E-state index contributed by atoms with van der Waals surface area (Å²) in [5, 5.41) is 0.701. The fourth-order valence-electron chi connectivity index (χ4n) is 2.25. The Morgan fingerprint density at radius 2 is 1.95 bits per heavy atom. The van der Waals surface area contributed by atoms with Crippen molar-refractivity contribution in [1.82, 2.24) is 15.0 Å². The van der Waals surface area contributed by atoms with Crippen LogP contribution in [0.4, 0.5) is 10.2 Å². The smallest absolute Gasteiger partial charge is 0.149 e. The molecule has 0 saturated carbocycles. The molecule has 0 fully saturated rings. The lowest BCUT2D eigenvalue weighted by molar-refractivity contribution is 0.636. The van der Waals surface area contributed by atoms with E-state index in [-0.39, 0.29) is 5.82 Å². The number of hydrogen-bond acceptors (Lipinski definition) is 4. The lowest BCUT2D eigenvalue weighted by Gasteiger charge is -2.19. The Morgan fingerprint density at radius 1 is 1.10 bits per heavy atom. The number of fused-ring (bicyclic) bond motifs is 1. The molecule has 1 aromatic carbocycles. The van der Waals surface area contributed by atoms with E-state index in [9.17, 15) is 4.39 Å². The largest absolute Gasteiger partial charge is 0.353 e. The van der Waals surface area contributed by atoms with E-state index in [1.54, 1.807) is 6.07 Å². The van der Waals surface area contributed by atoms with Gasteiger partial charge < -0.3 is 4.90 Å². The summed E-state index contributed by atoms with van der Waals surface area (Å²) in [6.07, 6.45) is 3.22. The van der Waals surface area contributed by atoms with Gasteiger partial charge >= 0.3 is 0 Å². The Balaban J connectivity index is 1.96. The SMILES string of the molecule is Cc1ccc(CN(C)c2ncnc3c(F)cccc23)nc1. The number of pyridine rings is 1. The summed E-state index contributed by atoms with van der Waals surface area (Å²) < 4.78 is 13.8. The number of benzene rings is 1. The lowest BCUT2D eigenvalue weighted by Crippen LogP contribution is -2.19. The number of hydrogen-bond donors (Lipinski definition) is 0. The maximum absolute atomic E-state index is 13.8. The van der Waals surface area contributed by atoms with Crippen LogP contribution in [0, 0.1) is 12.7 Å². The molecule has 5 heteroatoms. The van der Waals surface area contributed by atoms with Gasteiger partial charge in [0.2, 0.25) is 0 Å². The first kappa shape index (κ1) is 13.4. The molecule has 4 nitrogen and oxygen atoms in total. The van der Waals surface area contributed by atoms with Crippen molar-refractivity contribution in [2.75, 3.05) is 11.9 Å².